The van der Waals surface area contributed by atoms with Gasteiger partial charge in [-0.15, -0.1) is 0 Å². The van der Waals surface area contributed by atoms with Crippen LogP contribution in [0.25, 0.3) is 0 Å². The van der Waals surface area contributed by atoms with Crippen LogP contribution in [0.4, 0.5) is 5.69 Å². The van der Waals surface area contributed by atoms with E-state index in [0.29, 0.717) is 34.3 Å². The van der Waals surface area contributed by atoms with Crippen LogP contribution >= 0.6 is 34.8 Å². The summed E-state index contributed by atoms with van der Waals surface area (Å²) in [5.41, 5.74) is 0.747. The monoisotopic (exact) mass is 591 g/mol. The normalized spacial score (nSPS) is 12.2. The Labute approximate surface area is 233 Å². The summed E-state index contributed by atoms with van der Waals surface area (Å²) in [5.74, 6) is -0.364. The van der Waals surface area contributed by atoms with Gasteiger partial charge in [-0.1, -0.05) is 61.6 Å². The van der Waals surface area contributed by atoms with E-state index in [9.17, 15) is 18.0 Å². The minimum atomic E-state index is -3.90. The number of nitrogens with zero attached hydrogens (tertiary/aromatic N) is 2. The maximum Gasteiger partial charge on any atom is 0.244 e. The van der Waals surface area contributed by atoms with Crippen LogP contribution in [0.1, 0.15) is 32.8 Å². The largest absolute Gasteiger partial charge is 0.495 e. The van der Waals surface area contributed by atoms with E-state index in [1.165, 1.54) is 30.2 Å². The first-order valence-corrected chi connectivity index (χ1v) is 14.6. The minimum Gasteiger partial charge on any atom is -0.495 e. The topological polar surface area (TPSA) is 96.0 Å². The molecule has 0 unspecified atom stereocenters. The van der Waals surface area contributed by atoms with Crippen LogP contribution in [0, 0.1) is 5.92 Å². The lowest BCUT2D eigenvalue weighted by molar-refractivity contribution is -0.140. The second kappa shape index (κ2) is 13.6. The van der Waals surface area contributed by atoms with Gasteiger partial charge in [-0.2, -0.15) is 0 Å². The molecule has 0 radical (unpaired) electrons. The fourth-order valence-corrected chi connectivity index (χ4v) is 5.16. The van der Waals surface area contributed by atoms with Crippen LogP contribution in [0.5, 0.6) is 5.75 Å². The molecule has 0 heterocycles. The molecule has 2 amide bonds. The molecule has 37 heavy (non-hydrogen) atoms. The van der Waals surface area contributed by atoms with Crippen molar-refractivity contribution in [3.63, 3.8) is 0 Å². The summed E-state index contributed by atoms with van der Waals surface area (Å²) >= 11 is 18.6. The van der Waals surface area contributed by atoms with E-state index in [-0.39, 0.29) is 29.1 Å². The van der Waals surface area contributed by atoms with Gasteiger partial charge >= 0.3 is 0 Å². The SMILES string of the molecule is CC[C@H](C(=O)NCC(C)C)N(Cc1ccc(Cl)cc1Cl)C(=O)CN(c1ccc(OC)c(Cl)c1)S(C)(=O)=O. The van der Waals surface area contributed by atoms with E-state index < -0.39 is 28.5 Å². The quantitative estimate of drug-likeness (QED) is 0.374. The summed E-state index contributed by atoms with van der Waals surface area (Å²) in [5, 5.41) is 3.80. The molecule has 2 aromatic carbocycles. The smallest absolute Gasteiger partial charge is 0.244 e. The number of methoxy groups -OCH3 is 1. The van der Waals surface area contributed by atoms with Crippen LogP contribution in [0.3, 0.4) is 0 Å². The van der Waals surface area contributed by atoms with Gasteiger partial charge in [0.05, 0.1) is 24.1 Å². The van der Waals surface area contributed by atoms with Gasteiger partial charge in [-0.3, -0.25) is 13.9 Å². The molecule has 0 bridgehead atoms. The first-order chi connectivity index (χ1) is 17.3. The third-order valence-corrected chi connectivity index (χ3v) is 7.55. The van der Waals surface area contributed by atoms with Crippen LogP contribution in [0.2, 0.25) is 15.1 Å². The molecule has 0 fully saturated rings. The number of hydrogen-bond acceptors (Lipinski definition) is 5. The number of hydrogen-bond donors (Lipinski definition) is 1. The predicted octanol–water partition coefficient (Wildman–Crippen LogP) is 5.00. The second-order valence-corrected chi connectivity index (χ2v) is 12.1. The van der Waals surface area contributed by atoms with Crippen molar-refractivity contribution in [2.24, 2.45) is 5.92 Å². The fourth-order valence-electron chi connectivity index (χ4n) is 3.60. The molecule has 1 atom stereocenters. The summed E-state index contributed by atoms with van der Waals surface area (Å²) in [7, 11) is -2.46. The van der Waals surface area contributed by atoms with Crippen molar-refractivity contribution in [1.29, 1.82) is 0 Å². The second-order valence-electron chi connectivity index (χ2n) is 8.91. The Morgan fingerprint density at radius 1 is 1.05 bits per heavy atom. The van der Waals surface area contributed by atoms with Crippen molar-refractivity contribution in [3.05, 3.63) is 57.0 Å². The molecular formula is C25H32Cl3N3O5S. The maximum atomic E-state index is 13.7. The number of carbonyl (C=O) groups excluding carboxylic acids is 2. The van der Waals surface area contributed by atoms with Crippen LogP contribution in [-0.2, 0) is 26.2 Å². The van der Waals surface area contributed by atoms with Crippen LogP contribution in [0.15, 0.2) is 36.4 Å². The van der Waals surface area contributed by atoms with Crippen molar-refractivity contribution in [3.8, 4) is 5.75 Å². The summed E-state index contributed by atoms with van der Waals surface area (Å²) in [6, 6.07) is 8.39. The van der Waals surface area contributed by atoms with Crippen molar-refractivity contribution in [1.82, 2.24) is 10.2 Å². The van der Waals surface area contributed by atoms with E-state index in [1.807, 2.05) is 13.8 Å². The zero-order valence-electron chi connectivity index (χ0n) is 21.4. The number of benzene rings is 2. The number of rotatable bonds is 12. The van der Waals surface area contributed by atoms with Crippen LogP contribution in [-0.4, -0.2) is 57.6 Å². The lowest BCUT2D eigenvalue weighted by atomic mass is 10.1. The summed E-state index contributed by atoms with van der Waals surface area (Å²) < 4.78 is 31.5. The van der Waals surface area contributed by atoms with Crippen LogP contribution < -0.4 is 14.4 Å². The number of carbonyl (C=O) groups is 2. The highest BCUT2D eigenvalue weighted by Crippen LogP contribution is 2.30. The summed E-state index contributed by atoms with van der Waals surface area (Å²) in [6.07, 6.45) is 1.29. The Morgan fingerprint density at radius 2 is 1.73 bits per heavy atom. The number of anilines is 1. The Hall–Kier alpha value is -2.20. The molecule has 8 nitrogen and oxygen atoms in total. The molecule has 204 valence electrons. The van der Waals surface area contributed by atoms with Gasteiger partial charge in [0.2, 0.25) is 21.8 Å². The molecule has 0 saturated carbocycles. The van der Waals surface area contributed by atoms with E-state index in [1.54, 1.807) is 25.1 Å². The molecule has 2 aromatic rings. The summed E-state index contributed by atoms with van der Waals surface area (Å²) in [6.45, 7) is 5.55. The van der Waals surface area contributed by atoms with E-state index in [0.717, 1.165) is 10.6 Å². The molecule has 1 N–H and O–H groups in total. The lowest BCUT2D eigenvalue weighted by Crippen LogP contribution is -2.52. The maximum absolute atomic E-state index is 13.7. The molecule has 0 aliphatic heterocycles. The van der Waals surface area contributed by atoms with Crippen molar-refractivity contribution >= 4 is 62.3 Å². The zero-order valence-corrected chi connectivity index (χ0v) is 24.5. The average Bonchev–Trinajstić information content (AvgIpc) is 2.81. The van der Waals surface area contributed by atoms with Gasteiger partial charge in [0, 0.05) is 23.1 Å². The molecule has 12 heteroatoms. The number of ether oxygens (including phenoxy) is 1. The zero-order chi connectivity index (χ0) is 27.9. The highest BCUT2D eigenvalue weighted by molar-refractivity contribution is 7.92. The Kier molecular flexibility index (Phi) is 11.4. The van der Waals surface area contributed by atoms with Gasteiger partial charge in [0.1, 0.15) is 18.3 Å². The number of amides is 2. The highest BCUT2D eigenvalue weighted by atomic mass is 35.5. The van der Waals surface area contributed by atoms with Gasteiger partial charge < -0.3 is 15.0 Å². The third kappa shape index (κ3) is 8.67. The molecule has 0 aliphatic carbocycles. The molecular weight excluding hydrogens is 561 g/mol. The predicted molar refractivity (Wildman–Crippen MR) is 149 cm³/mol. The van der Waals surface area contributed by atoms with Crippen molar-refractivity contribution in [2.45, 2.75) is 39.8 Å². The number of nitrogens with one attached hydrogen (secondary N) is 1. The van der Waals surface area contributed by atoms with Crippen molar-refractivity contribution in [2.75, 3.05) is 30.8 Å². The fraction of sp³-hybridized carbons (Fsp3) is 0.440. The van der Waals surface area contributed by atoms with E-state index >= 15 is 0 Å². The standard InChI is InChI=1S/C25H32Cl3N3O5S/c1-6-22(25(33)29-13-16(2)3)30(14-17-7-8-18(26)11-20(17)27)24(32)15-31(37(5,34)35)19-9-10-23(36-4)21(28)12-19/h7-12,16,22H,6,13-15H2,1-5H3,(H,29,33)/t22-/m1/s1. The van der Waals surface area contributed by atoms with Gasteiger partial charge in [0.25, 0.3) is 0 Å². The Bertz CT molecular complexity index is 1220. The van der Waals surface area contributed by atoms with Gasteiger partial charge in [0.15, 0.2) is 0 Å². The molecule has 0 saturated heterocycles. The summed E-state index contributed by atoms with van der Waals surface area (Å²) in [4.78, 5) is 28.2. The van der Waals surface area contributed by atoms with E-state index in [4.69, 9.17) is 39.5 Å². The van der Waals surface area contributed by atoms with Crippen molar-refractivity contribution < 1.29 is 22.7 Å². The first kappa shape index (κ1) is 31.0. The van der Waals surface area contributed by atoms with Gasteiger partial charge in [-0.25, -0.2) is 8.42 Å². The van der Waals surface area contributed by atoms with Gasteiger partial charge in [-0.05, 0) is 48.2 Å². The third-order valence-electron chi connectivity index (χ3n) is 5.53. The van der Waals surface area contributed by atoms with E-state index in [2.05, 4.69) is 5.32 Å². The molecule has 0 aromatic heterocycles. The lowest BCUT2D eigenvalue weighted by Gasteiger charge is -2.33. The first-order valence-electron chi connectivity index (χ1n) is 11.6. The number of sulfonamides is 1. The highest BCUT2D eigenvalue weighted by Gasteiger charge is 2.32. The average molecular weight is 593 g/mol. The Balaban J connectivity index is 2.48. The number of halogens is 3. The molecule has 0 aliphatic rings. The Morgan fingerprint density at radius 3 is 2.24 bits per heavy atom. The molecule has 0 spiro atoms. The molecule has 2 rings (SSSR count). The minimum absolute atomic E-state index is 0.0244.